The van der Waals surface area contributed by atoms with Gasteiger partial charge in [0.05, 0.1) is 0 Å². The van der Waals surface area contributed by atoms with Gasteiger partial charge in [0.1, 0.15) is 0 Å². The van der Waals surface area contributed by atoms with Crippen molar-refractivity contribution in [2.45, 2.75) is 6.92 Å². The summed E-state index contributed by atoms with van der Waals surface area (Å²) in [5.74, 6) is -1.08. The molecule has 0 heterocycles. The van der Waals surface area contributed by atoms with Gasteiger partial charge in [-0.3, -0.25) is 0 Å². The molecule has 0 spiro atoms. The van der Waals surface area contributed by atoms with Gasteiger partial charge in [-0.1, -0.05) is 0 Å². The van der Waals surface area contributed by atoms with Gasteiger partial charge in [-0.05, 0) is 6.92 Å². The Kier molecular flexibility index (Phi) is 122. The zero-order chi connectivity index (χ0) is 3.58. The number of hydrogen-bond donors (Lipinski definition) is 0. The summed E-state index contributed by atoms with van der Waals surface area (Å²) in [6, 6.07) is 0. The van der Waals surface area contributed by atoms with Crippen molar-refractivity contribution in [2.24, 2.45) is 0 Å². The number of carboxylic acid groups (broad SMARTS) is 1. The molecular formula is C2H3CuO4Ti+. The Hall–Kier alpha value is 0.624. The van der Waals surface area contributed by atoms with E-state index in [1.54, 1.807) is 0 Å². The maximum atomic E-state index is 8.89. The molecule has 0 fully saturated rings. The first kappa shape index (κ1) is 38.2. The van der Waals surface area contributed by atoms with E-state index in [-0.39, 0.29) is 49.7 Å². The van der Waals surface area contributed by atoms with Crippen molar-refractivity contribution < 1.29 is 59.6 Å². The summed E-state index contributed by atoms with van der Waals surface area (Å²) in [6.45, 7) is 0.972. The van der Waals surface area contributed by atoms with Gasteiger partial charge < -0.3 is 20.9 Å². The van der Waals surface area contributed by atoms with Crippen molar-refractivity contribution in [2.75, 3.05) is 0 Å². The van der Waals surface area contributed by atoms with E-state index in [2.05, 4.69) is 0 Å². The summed E-state index contributed by atoms with van der Waals surface area (Å²) >= 11 is 0. The fourth-order valence-corrected chi connectivity index (χ4v) is 0. The first-order chi connectivity index (χ1) is 1.73. The average Bonchev–Trinajstić information content (AvgIpc) is 0.811. The summed E-state index contributed by atoms with van der Waals surface area (Å²) < 4.78 is 0. The van der Waals surface area contributed by atoms with E-state index >= 15 is 0 Å². The van der Waals surface area contributed by atoms with E-state index in [9.17, 15) is 0 Å². The normalized spacial score (nSPS) is 3.12. The summed E-state index contributed by atoms with van der Waals surface area (Å²) in [4.78, 5) is 8.89. The van der Waals surface area contributed by atoms with Crippen molar-refractivity contribution in [3.8, 4) is 0 Å². The number of aliphatic carboxylic acids is 1. The molecular weight excluding hydrogens is 199 g/mol. The Balaban J connectivity index is -0.00000000750. The third kappa shape index (κ3) is 538. The monoisotopic (exact) mass is 202 g/mol. The summed E-state index contributed by atoms with van der Waals surface area (Å²) in [5.41, 5.74) is 0. The minimum atomic E-state index is -1.08. The van der Waals surface area contributed by atoms with Gasteiger partial charge in [-0.15, -0.1) is 0 Å². The first-order valence-electron chi connectivity index (χ1n) is 0.908. The Labute approximate surface area is 72.6 Å². The third-order valence-corrected chi connectivity index (χ3v) is 0. The standard InChI is InChI=1S/C2H4O2.Cu.2O.Ti/c1-2(3)4;;;;/h1H3,(H,3,4);;;;/q;+2;2*-2;+4/p-1. The molecule has 0 unspecified atom stereocenters. The van der Waals surface area contributed by atoms with Crippen molar-refractivity contribution in [3.05, 3.63) is 0 Å². The van der Waals surface area contributed by atoms with Crippen LogP contribution in [0.3, 0.4) is 0 Å². The molecule has 0 amide bonds. The zero-order valence-corrected chi connectivity index (χ0v) is 6.44. The molecule has 8 heavy (non-hydrogen) atoms. The Morgan fingerprint density at radius 3 is 1.38 bits per heavy atom. The number of carbonyl (C=O) groups is 1. The van der Waals surface area contributed by atoms with Crippen LogP contribution in [0.1, 0.15) is 6.92 Å². The van der Waals surface area contributed by atoms with Gasteiger partial charge >= 0.3 is 38.8 Å². The molecule has 0 saturated carbocycles. The molecule has 4 nitrogen and oxygen atoms in total. The van der Waals surface area contributed by atoms with Crippen LogP contribution in [0.2, 0.25) is 0 Å². The second kappa shape index (κ2) is 25.5. The van der Waals surface area contributed by atoms with Gasteiger partial charge in [-0.2, -0.15) is 0 Å². The van der Waals surface area contributed by atoms with Gasteiger partial charge in [0.25, 0.3) is 0 Å². The molecule has 0 saturated heterocycles. The minimum Gasteiger partial charge on any atom is -2.00 e. The fourth-order valence-electron chi connectivity index (χ4n) is 0. The van der Waals surface area contributed by atoms with Crippen LogP contribution in [0, 0.1) is 0 Å². The summed E-state index contributed by atoms with van der Waals surface area (Å²) in [7, 11) is 0. The molecule has 6 heteroatoms. The molecule has 0 aliphatic heterocycles. The Morgan fingerprint density at radius 2 is 1.38 bits per heavy atom. The molecule has 49 valence electrons. The van der Waals surface area contributed by atoms with Crippen LogP contribution in [0.4, 0.5) is 0 Å². The van der Waals surface area contributed by atoms with Crippen LogP contribution in [-0.4, -0.2) is 5.97 Å². The maximum Gasteiger partial charge on any atom is 4.00 e. The topological polar surface area (TPSA) is 97.1 Å². The van der Waals surface area contributed by atoms with Crippen LogP contribution in [-0.2, 0) is 54.5 Å². The number of carbonyl (C=O) groups excluding carboxylic acids is 1. The van der Waals surface area contributed by atoms with Crippen LogP contribution in [0.15, 0.2) is 0 Å². The van der Waals surface area contributed by atoms with Gasteiger partial charge in [-0.25, -0.2) is 0 Å². The predicted octanol–water partition coefficient (Wildman–Crippen LogP) is -1.49. The quantitative estimate of drug-likeness (QED) is 0.447. The van der Waals surface area contributed by atoms with Gasteiger partial charge in [0.2, 0.25) is 0 Å². The number of rotatable bonds is 0. The Morgan fingerprint density at radius 1 is 1.38 bits per heavy atom. The second-order valence-corrected chi connectivity index (χ2v) is 0.492. The van der Waals surface area contributed by atoms with E-state index in [4.69, 9.17) is 9.90 Å². The molecule has 0 rings (SSSR count). The first-order valence-corrected chi connectivity index (χ1v) is 0.908. The van der Waals surface area contributed by atoms with Crippen molar-refractivity contribution in [1.29, 1.82) is 0 Å². The van der Waals surface area contributed by atoms with Gasteiger partial charge in [0, 0.05) is 5.97 Å². The summed E-state index contributed by atoms with van der Waals surface area (Å²) in [6.07, 6.45) is 0. The van der Waals surface area contributed by atoms with E-state index in [0.29, 0.717) is 0 Å². The summed E-state index contributed by atoms with van der Waals surface area (Å²) in [5, 5.41) is 8.89. The number of hydrogen-bond acceptors (Lipinski definition) is 2. The largest absolute Gasteiger partial charge is 4.00 e. The zero-order valence-electron chi connectivity index (χ0n) is 3.93. The van der Waals surface area contributed by atoms with Crippen LogP contribution in [0.5, 0.6) is 0 Å². The van der Waals surface area contributed by atoms with Crippen molar-refractivity contribution >= 4 is 5.97 Å². The molecule has 0 N–H and O–H groups in total. The van der Waals surface area contributed by atoms with E-state index in [1.165, 1.54) is 0 Å². The molecule has 0 aromatic rings. The molecule has 0 bridgehead atoms. The van der Waals surface area contributed by atoms with E-state index in [1.807, 2.05) is 0 Å². The molecule has 0 aromatic heterocycles. The molecule has 0 aromatic carbocycles. The minimum absolute atomic E-state index is 0. The third-order valence-electron chi connectivity index (χ3n) is 0. The van der Waals surface area contributed by atoms with E-state index in [0.717, 1.165) is 6.92 Å². The smallest absolute Gasteiger partial charge is 2.00 e. The fraction of sp³-hybridized carbons (Fsp3) is 0.500. The Bertz CT molecular complexity index is 37.0. The van der Waals surface area contributed by atoms with Crippen LogP contribution in [0.25, 0.3) is 0 Å². The van der Waals surface area contributed by atoms with Gasteiger partial charge in [0.15, 0.2) is 0 Å². The molecule has 0 atom stereocenters. The van der Waals surface area contributed by atoms with Crippen molar-refractivity contribution in [3.63, 3.8) is 0 Å². The SMILES string of the molecule is CC(=O)[O-].[Cu+2].[O-2].[O-2].[Ti+4]. The van der Waals surface area contributed by atoms with Crippen LogP contribution >= 0.6 is 0 Å². The average molecular weight is 202 g/mol. The van der Waals surface area contributed by atoms with Crippen LogP contribution < -0.4 is 5.11 Å². The maximum absolute atomic E-state index is 8.89. The molecule has 0 aliphatic rings. The molecule has 1 radical (unpaired) electrons. The predicted molar refractivity (Wildman–Crippen MR) is 12.1 cm³/mol. The van der Waals surface area contributed by atoms with E-state index < -0.39 is 5.97 Å². The van der Waals surface area contributed by atoms with Crippen molar-refractivity contribution in [1.82, 2.24) is 0 Å². The number of carboxylic acids is 1. The second-order valence-electron chi connectivity index (χ2n) is 0.492. The molecule has 0 aliphatic carbocycles.